The summed E-state index contributed by atoms with van der Waals surface area (Å²) in [6.45, 7) is 5.99. The van der Waals surface area contributed by atoms with Crippen LogP contribution < -0.4 is 4.90 Å². The number of carboxylic acid groups (broad SMARTS) is 1. The summed E-state index contributed by atoms with van der Waals surface area (Å²) in [4.78, 5) is 12.9. The number of hydrogen-bond acceptors (Lipinski definition) is 2. The van der Waals surface area contributed by atoms with Crippen LogP contribution in [0.4, 0.5) is 10.1 Å². The van der Waals surface area contributed by atoms with E-state index in [4.69, 9.17) is 5.11 Å². The number of hydrogen-bond donors (Lipinski definition) is 1. The molecule has 0 saturated carbocycles. The molecule has 0 aliphatic rings. The fraction of sp³-hybridized carbons (Fsp3) is 0.533. The molecule has 0 fully saturated rings. The zero-order chi connectivity index (χ0) is 14.3. The molecule has 0 aromatic heterocycles. The van der Waals surface area contributed by atoms with Gasteiger partial charge in [-0.05, 0) is 31.0 Å². The number of nitrogens with zero attached hydrogens (tertiary/aromatic N) is 1. The van der Waals surface area contributed by atoms with Gasteiger partial charge in [-0.25, -0.2) is 9.18 Å². The minimum absolute atomic E-state index is 0.269. The second kappa shape index (κ2) is 7.77. The van der Waals surface area contributed by atoms with Crippen LogP contribution in [-0.2, 0) is 0 Å². The molecular formula is C15H22FNO2. The average molecular weight is 267 g/mol. The molecule has 106 valence electrons. The zero-order valence-corrected chi connectivity index (χ0v) is 11.7. The lowest BCUT2D eigenvalue weighted by Gasteiger charge is -2.25. The highest BCUT2D eigenvalue weighted by atomic mass is 19.1. The number of anilines is 1. The lowest BCUT2D eigenvalue weighted by Crippen LogP contribution is -2.25. The van der Waals surface area contributed by atoms with Crippen molar-refractivity contribution in [2.24, 2.45) is 0 Å². The highest BCUT2D eigenvalue weighted by molar-refractivity contribution is 5.88. The van der Waals surface area contributed by atoms with Gasteiger partial charge in [0, 0.05) is 18.8 Å². The van der Waals surface area contributed by atoms with Crippen LogP contribution in [0.3, 0.4) is 0 Å². The van der Waals surface area contributed by atoms with Gasteiger partial charge >= 0.3 is 5.97 Å². The summed E-state index contributed by atoms with van der Waals surface area (Å²) in [6, 6.07) is 4.37. The SMILES string of the molecule is CCCCN(CCCC)c1ccc(C(=O)O)c(F)c1. The van der Waals surface area contributed by atoms with E-state index in [0.29, 0.717) is 0 Å². The Morgan fingerprint density at radius 2 is 1.79 bits per heavy atom. The van der Waals surface area contributed by atoms with Crippen molar-refractivity contribution < 1.29 is 14.3 Å². The van der Waals surface area contributed by atoms with Crippen molar-refractivity contribution in [2.75, 3.05) is 18.0 Å². The minimum Gasteiger partial charge on any atom is -0.478 e. The van der Waals surface area contributed by atoms with Gasteiger partial charge in [0.25, 0.3) is 0 Å². The summed E-state index contributed by atoms with van der Waals surface area (Å²) in [5.41, 5.74) is 0.499. The van der Waals surface area contributed by atoms with Gasteiger partial charge in [-0.1, -0.05) is 26.7 Å². The largest absolute Gasteiger partial charge is 0.478 e. The number of unbranched alkanes of at least 4 members (excludes halogenated alkanes) is 2. The Morgan fingerprint density at radius 1 is 1.21 bits per heavy atom. The normalized spacial score (nSPS) is 10.5. The van der Waals surface area contributed by atoms with Crippen molar-refractivity contribution in [3.63, 3.8) is 0 Å². The van der Waals surface area contributed by atoms with Crippen LogP contribution in [0.25, 0.3) is 0 Å². The maximum atomic E-state index is 13.7. The first-order valence-corrected chi connectivity index (χ1v) is 6.88. The summed E-state index contributed by atoms with van der Waals surface area (Å²) in [5, 5.41) is 8.82. The molecule has 1 aromatic rings. The van der Waals surface area contributed by atoms with Crippen molar-refractivity contribution in [3.05, 3.63) is 29.6 Å². The smallest absolute Gasteiger partial charge is 0.338 e. The zero-order valence-electron chi connectivity index (χ0n) is 11.7. The maximum Gasteiger partial charge on any atom is 0.338 e. The first kappa shape index (κ1) is 15.5. The fourth-order valence-corrected chi connectivity index (χ4v) is 1.94. The van der Waals surface area contributed by atoms with E-state index < -0.39 is 11.8 Å². The van der Waals surface area contributed by atoms with Gasteiger partial charge in [-0.15, -0.1) is 0 Å². The molecule has 1 N–H and O–H groups in total. The monoisotopic (exact) mass is 267 g/mol. The topological polar surface area (TPSA) is 40.5 Å². The van der Waals surface area contributed by atoms with Crippen LogP contribution in [-0.4, -0.2) is 24.2 Å². The summed E-state index contributed by atoms with van der Waals surface area (Å²) in [7, 11) is 0. The van der Waals surface area contributed by atoms with Crippen LogP contribution in [0.5, 0.6) is 0 Å². The van der Waals surface area contributed by atoms with Crippen molar-refractivity contribution in [1.29, 1.82) is 0 Å². The number of carbonyl (C=O) groups is 1. The van der Waals surface area contributed by atoms with Gasteiger partial charge in [0.2, 0.25) is 0 Å². The van der Waals surface area contributed by atoms with E-state index in [1.54, 1.807) is 6.07 Å². The Hall–Kier alpha value is -1.58. The van der Waals surface area contributed by atoms with Gasteiger partial charge in [0.15, 0.2) is 0 Å². The first-order chi connectivity index (χ1) is 9.10. The maximum absolute atomic E-state index is 13.7. The Morgan fingerprint density at radius 3 is 2.21 bits per heavy atom. The number of aromatic carboxylic acids is 1. The van der Waals surface area contributed by atoms with E-state index >= 15 is 0 Å². The second-order valence-corrected chi connectivity index (χ2v) is 4.66. The molecule has 0 atom stereocenters. The molecule has 0 aliphatic carbocycles. The standard InChI is InChI=1S/C15H22FNO2/c1-3-5-9-17(10-6-4-2)12-7-8-13(15(18)19)14(16)11-12/h7-8,11H,3-6,9-10H2,1-2H3,(H,18,19). The molecule has 1 rings (SSSR count). The van der Waals surface area contributed by atoms with Crippen LogP contribution in [0.15, 0.2) is 18.2 Å². The molecule has 0 saturated heterocycles. The van der Waals surface area contributed by atoms with Crippen molar-refractivity contribution in [1.82, 2.24) is 0 Å². The Balaban J connectivity index is 2.88. The van der Waals surface area contributed by atoms with E-state index in [1.165, 1.54) is 12.1 Å². The van der Waals surface area contributed by atoms with Gasteiger partial charge in [0.05, 0.1) is 5.56 Å². The van der Waals surface area contributed by atoms with Crippen molar-refractivity contribution in [2.45, 2.75) is 39.5 Å². The number of halogens is 1. The van der Waals surface area contributed by atoms with Crippen LogP contribution in [0.2, 0.25) is 0 Å². The van der Waals surface area contributed by atoms with E-state index in [9.17, 15) is 9.18 Å². The summed E-state index contributed by atoms with van der Waals surface area (Å²) in [5.74, 6) is -1.89. The predicted molar refractivity (Wildman–Crippen MR) is 75.4 cm³/mol. The van der Waals surface area contributed by atoms with Gasteiger partial charge in [-0.2, -0.15) is 0 Å². The Bertz CT molecular complexity index is 413. The highest BCUT2D eigenvalue weighted by Crippen LogP contribution is 2.20. The van der Waals surface area contributed by atoms with E-state index in [-0.39, 0.29) is 5.56 Å². The Labute approximate surface area is 114 Å². The molecule has 0 bridgehead atoms. The molecule has 0 amide bonds. The highest BCUT2D eigenvalue weighted by Gasteiger charge is 2.13. The predicted octanol–water partition coefficient (Wildman–Crippen LogP) is 3.93. The fourth-order valence-electron chi connectivity index (χ4n) is 1.94. The molecule has 0 heterocycles. The van der Waals surface area contributed by atoms with Crippen molar-refractivity contribution in [3.8, 4) is 0 Å². The third-order valence-corrected chi connectivity index (χ3v) is 3.11. The molecule has 4 heteroatoms. The second-order valence-electron chi connectivity index (χ2n) is 4.66. The molecular weight excluding hydrogens is 245 g/mol. The summed E-state index contributed by atoms with van der Waals surface area (Å²) in [6.07, 6.45) is 4.26. The Kier molecular flexibility index (Phi) is 6.33. The lowest BCUT2D eigenvalue weighted by molar-refractivity contribution is 0.0692. The number of carboxylic acids is 1. The van der Waals surface area contributed by atoms with Crippen LogP contribution in [0.1, 0.15) is 49.9 Å². The molecule has 0 unspecified atom stereocenters. The van der Waals surface area contributed by atoms with Gasteiger partial charge in [0.1, 0.15) is 5.82 Å². The quantitative estimate of drug-likeness (QED) is 0.775. The third kappa shape index (κ3) is 4.54. The molecule has 0 spiro atoms. The summed E-state index contributed by atoms with van der Waals surface area (Å²) < 4.78 is 13.7. The molecule has 19 heavy (non-hydrogen) atoms. The average Bonchev–Trinajstić information content (AvgIpc) is 2.38. The molecule has 0 aliphatic heterocycles. The van der Waals surface area contributed by atoms with Crippen LogP contribution in [0, 0.1) is 5.82 Å². The van der Waals surface area contributed by atoms with E-state index in [1.807, 2.05) is 0 Å². The molecule has 0 radical (unpaired) electrons. The van der Waals surface area contributed by atoms with E-state index in [0.717, 1.165) is 44.5 Å². The summed E-state index contributed by atoms with van der Waals surface area (Å²) >= 11 is 0. The number of rotatable bonds is 8. The van der Waals surface area contributed by atoms with Crippen molar-refractivity contribution >= 4 is 11.7 Å². The number of benzene rings is 1. The molecule has 3 nitrogen and oxygen atoms in total. The lowest BCUT2D eigenvalue weighted by atomic mass is 10.1. The first-order valence-electron chi connectivity index (χ1n) is 6.88. The van der Waals surface area contributed by atoms with Gasteiger partial charge < -0.3 is 10.0 Å². The third-order valence-electron chi connectivity index (χ3n) is 3.11. The van der Waals surface area contributed by atoms with Crippen LogP contribution >= 0.6 is 0 Å². The van der Waals surface area contributed by atoms with E-state index in [2.05, 4.69) is 18.7 Å². The van der Waals surface area contributed by atoms with Gasteiger partial charge in [-0.3, -0.25) is 0 Å². The molecule has 1 aromatic carbocycles. The minimum atomic E-state index is -1.22.